The third-order valence-electron chi connectivity index (χ3n) is 3.16. The van der Waals surface area contributed by atoms with Crippen LogP contribution in [0.4, 0.5) is 0 Å². The number of sulfonamides is 1. The number of aromatic nitrogens is 1. The molecule has 2 heterocycles. The van der Waals surface area contributed by atoms with Crippen LogP contribution in [0.1, 0.15) is 18.4 Å². The van der Waals surface area contributed by atoms with Gasteiger partial charge in [-0.1, -0.05) is 11.8 Å². The molecule has 1 unspecified atom stereocenters. The maximum Gasteiger partial charge on any atom is 0.245 e. The lowest BCUT2D eigenvalue weighted by Crippen LogP contribution is -2.43. The van der Waals surface area contributed by atoms with E-state index in [1.54, 1.807) is 0 Å². The van der Waals surface area contributed by atoms with E-state index in [-0.39, 0.29) is 18.0 Å². The zero-order chi connectivity index (χ0) is 15.5. The molecular weight excluding hydrogens is 294 g/mol. The highest BCUT2D eigenvalue weighted by atomic mass is 32.2. The Kier molecular flexibility index (Phi) is 4.57. The van der Waals surface area contributed by atoms with Gasteiger partial charge in [0.15, 0.2) is 0 Å². The Labute approximate surface area is 122 Å². The summed E-state index contributed by atoms with van der Waals surface area (Å²) in [7, 11) is -3.84. The molecule has 1 atom stereocenters. The SMILES string of the molecule is NC(=O)C1CCCN1S(=O)(=O)c1cncc(C#CCO)c1. The molecule has 1 aliphatic rings. The maximum atomic E-state index is 12.6. The van der Waals surface area contributed by atoms with Crippen LogP contribution in [-0.4, -0.2) is 47.9 Å². The van der Waals surface area contributed by atoms with Crippen molar-refractivity contribution in [1.82, 2.24) is 9.29 Å². The van der Waals surface area contributed by atoms with Crippen LogP contribution in [0.5, 0.6) is 0 Å². The summed E-state index contributed by atoms with van der Waals surface area (Å²) in [4.78, 5) is 15.1. The van der Waals surface area contributed by atoms with Gasteiger partial charge in [0.25, 0.3) is 0 Å². The molecule has 2 rings (SSSR count). The van der Waals surface area contributed by atoms with Gasteiger partial charge in [-0.3, -0.25) is 9.78 Å². The Balaban J connectivity index is 2.38. The van der Waals surface area contributed by atoms with Crippen molar-refractivity contribution in [2.75, 3.05) is 13.2 Å². The summed E-state index contributed by atoms with van der Waals surface area (Å²) in [5.74, 6) is 4.36. The second kappa shape index (κ2) is 6.22. The first-order valence-corrected chi connectivity index (χ1v) is 7.77. The lowest BCUT2D eigenvalue weighted by molar-refractivity contribution is -0.121. The molecule has 0 aliphatic carbocycles. The van der Waals surface area contributed by atoms with Crippen molar-refractivity contribution in [3.8, 4) is 11.8 Å². The fraction of sp³-hybridized carbons (Fsp3) is 0.385. The van der Waals surface area contributed by atoms with Crippen LogP contribution in [0.2, 0.25) is 0 Å². The van der Waals surface area contributed by atoms with E-state index in [4.69, 9.17) is 10.8 Å². The average Bonchev–Trinajstić information content (AvgIpc) is 2.96. The number of primary amides is 1. The van der Waals surface area contributed by atoms with Crippen molar-refractivity contribution in [2.45, 2.75) is 23.8 Å². The molecule has 0 bridgehead atoms. The minimum absolute atomic E-state index is 0.0413. The molecule has 0 spiro atoms. The zero-order valence-corrected chi connectivity index (χ0v) is 12.0. The highest BCUT2D eigenvalue weighted by Gasteiger charge is 2.38. The molecular formula is C13H15N3O4S. The molecule has 0 saturated carbocycles. The van der Waals surface area contributed by atoms with E-state index in [1.165, 1.54) is 18.5 Å². The van der Waals surface area contributed by atoms with Crippen LogP contribution in [-0.2, 0) is 14.8 Å². The number of hydrogen-bond donors (Lipinski definition) is 2. The Morgan fingerprint density at radius 2 is 2.29 bits per heavy atom. The smallest absolute Gasteiger partial charge is 0.245 e. The van der Waals surface area contributed by atoms with Gasteiger partial charge in [0.2, 0.25) is 15.9 Å². The van der Waals surface area contributed by atoms with E-state index in [9.17, 15) is 13.2 Å². The van der Waals surface area contributed by atoms with Gasteiger partial charge in [0, 0.05) is 24.5 Å². The van der Waals surface area contributed by atoms with E-state index in [1.807, 2.05) is 0 Å². The number of rotatable bonds is 3. The predicted octanol–water partition coefficient (Wildman–Crippen LogP) is -0.936. The van der Waals surface area contributed by atoms with E-state index >= 15 is 0 Å². The molecule has 1 fully saturated rings. The van der Waals surface area contributed by atoms with Gasteiger partial charge in [-0.15, -0.1) is 0 Å². The normalized spacial score (nSPS) is 19.0. The molecule has 1 aliphatic heterocycles. The summed E-state index contributed by atoms with van der Waals surface area (Å²) in [5.41, 5.74) is 5.62. The van der Waals surface area contributed by atoms with Gasteiger partial charge < -0.3 is 10.8 Å². The number of aliphatic hydroxyl groups is 1. The fourth-order valence-electron chi connectivity index (χ4n) is 2.22. The number of carbonyl (C=O) groups is 1. The fourth-order valence-corrected chi connectivity index (χ4v) is 3.87. The number of carbonyl (C=O) groups excluding carboxylic acids is 1. The zero-order valence-electron chi connectivity index (χ0n) is 11.2. The van der Waals surface area contributed by atoms with Crippen LogP contribution in [0.25, 0.3) is 0 Å². The second-order valence-corrected chi connectivity index (χ2v) is 6.44. The number of nitrogens with two attached hydrogens (primary N) is 1. The van der Waals surface area contributed by atoms with Crippen LogP contribution in [0.3, 0.4) is 0 Å². The molecule has 3 N–H and O–H groups in total. The monoisotopic (exact) mass is 309 g/mol. The van der Waals surface area contributed by atoms with Gasteiger partial charge in [0.1, 0.15) is 17.5 Å². The minimum atomic E-state index is -3.84. The van der Waals surface area contributed by atoms with Crippen LogP contribution < -0.4 is 5.73 Å². The van der Waals surface area contributed by atoms with E-state index in [2.05, 4.69) is 16.8 Å². The third kappa shape index (κ3) is 3.21. The lowest BCUT2D eigenvalue weighted by atomic mass is 10.2. The van der Waals surface area contributed by atoms with Gasteiger partial charge in [-0.2, -0.15) is 4.31 Å². The van der Waals surface area contributed by atoms with E-state index in [0.717, 1.165) is 4.31 Å². The van der Waals surface area contributed by atoms with Crippen molar-refractivity contribution >= 4 is 15.9 Å². The topological polar surface area (TPSA) is 114 Å². The van der Waals surface area contributed by atoms with Crippen LogP contribution >= 0.6 is 0 Å². The van der Waals surface area contributed by atoms with Crippen molar-refractivity contribution in [2.24, 2.45) is 5.73 Å². The first-order valence-electron chi connectivity index (χ1n) is 6.33. The summed E-state index contributed by atoms with van der Waals surface area (Å²) in [6.07, 6.45) is 3.61. The third-order valence-corrected chi connectivity index (χ3v) is 5.04. The van der Waals surface area contributed by atoms with Crippen LogP contribution in [0, 0.1) is 11.8 Å². The highest BCUT2D eigenvalue weighted by molar-refractivity contribution is 7.89. The first-order chi connectivity index (χ1) is 9.96. The number of aliphatic hydroxyl groups excluding tert-OH is 1. The average molecular weight is 309 g/mol. The molecule has 7 nitrogen and oxygen atoms in total. The van der Waals surface area contributed by atoms with Crippen molar-refractivity contribution in [3.63, 3.8) is 0 Å². The Morgan fingerprint density at radius 3 is 2.95 bits per heavy atom. The summed E-state index contributed by atoms with van der Waals surface area (Å²) < 4.78 is 26.2. The maximum absolute atomic E-state index is 12.6. The Morgan fingerprint density at radius 1 is 1.52 bits per heavy atom. The number of hydrogen-bond acceptors (Lipinski definition) is 5. The molecule has 0 aromatic carbocycles. The molecule has 0 radical (unpaired) electrons. The summed E-state index contributed by atoms with van der Waals surface area (Å²) in [6.45, 7) is -0.0741. The Hall–Kier alpha value is -1.95. The highest BCUT2D eigenvalue weighted by Crippen LogP contribution is 2.25. The number of pyridine rings is 1. The summed E-state index contributed by atoms with van der Waals surface area (Å²) in [6, 6.07) is 0.545. The molecule has 21 heavy (non-hydrogen) atoms. The second-order valence-electron chi connectivity index (χ2n) is 4.55. The molecule has 112 valence electrons. The molecule has 8 heteroatoms. The Bertz CT molecular complexity index is 706. The largest absolute Gasteiger partial charge is 0.384 e. The summed E-state index contributed by atoms with van der Waals surface area (Å²) in [5, 5.41) is 8.65. The van der Waals surface area contributed by atoms with E-state index in [0.29, 0.717) is 18.4 Å². The van der Waals surface area contributed by atoms with Crippen LogP contribution in [0.15, 0.2) is 23.4 Å². The quantitative estimate of drug-likeness (QED) is 0.700. The van der Waals surface area contributed by atoms with Gasteiger partial charge in [-0.25, -0.2) is 8.42 Å². The van der Waals surface area contributed by atoms with Crippen molar-refractivity contribution < 1.29 is 18.3 Å². The van der Waals surface area contributed by atoms with E-state index < -0.39 is 22.0 Å². The minimum Gasteiger partial charge on any atom is -0.384 e. The van der Waals surface area contributed by atoms with Crippen molar-refractivity contribution in [1.29, 1.82) is 0 Å². The molecule has 1 aromatic rings. The van der Waals surface area contributed by atoms with Gasteiger partial charge in [0.05, 0.1) is 0 Å². The van der Waals surface area contributed by atoms with Gasteiger partial charge in [-0.05, 0) is 18.9 Å². The molecule has 1 amide bonds. The first kappa shape index (κ1) is 15.4. The standard InChI is InChI=1S/C13H15N3O4S/c14-13(18)12-4-1-5-16(12)21(19,20)11-7-10(3-2-6-17)8-15-9-11/h7-9,12,17H,1,4-6H2,(H2,14,18). The molecule has 1 saturated heterocycles. The predicted molar refractivity (Wildman–Crippen MR) is 74.3 cm³/mol. The van der Waals surface area contributed by atoms with Gasteiger partial charge >= 0.3 is 0 Å². The number of nitrogens with zero attached hydrogens (tertiary/aromatic N) is 2. The van der Waals surface area contributed by atoms with Crippen molar-refractivity contribution in [3.05, 3.63) is 24.0 Å². The lowest BCUT2D eigenvalue weighted by Gasteiger charge is -2.21. The summed E-state index contributed by atoms with van der Waals surface area (Å²) >= 11 is 0. The number of amides is 1. The molecule has 1 aromatic heterocycles.